The lowest BCUT2D eigenvalue weighted by Crippen LogP contribution is -2.36. The van der Waals surface area contributed by atoms with E-state index in [1.807, 2.05) is 60.0 Å². The number of rotatable bonds is 7. The number of carbonyl (C=O) groups is 2. The minimum absolute atomic E-state index is 0.103. The lowest BCUT2D eigenvalue weighted by molar-refractivity contribution is -0.120. The first kappa shape index (κ1) is 21.7. The van der Waals surface area contributed by atoms with E-state index in [0.29, 0.717) is 17.1 Å². The molecule has 0 spiro atoms. The molecule has 0 aliphatic heterocycles. The van der Waals surface area contributed by atoms with Crippen LogP contribution in [0.3, 0.4) is 0 Å². The average Bonchev–Trinajstić information content (AvgIpc) is 3.33. The highest BCUT2D eigenvalue weighted by molar-refractivity contribution is 7.13. The molecule has 0 radical (unpaired) electrons. The minimum Gasteiger partial charge on any atom is -0.350 e. The molecule has 7 heteroatoms. The van der Waals surface area contributed by atoms with E-state index in [9.17, 15) is 9.59 Å². The molecule has 1 aromatic heterocycles. The summed E-state index contributed by atoms with van der Waals surface area (Å²) >= 11 is 7.41. The molecule has 160 valence electrons. The fraction of sp³-hybridized carbons (Fsp3) is 0.0800. The molecule has 0 fully saturated rings. The van der Waals surface area contributed by atoms with Crippen molar-refractivity contribution in [1.82, 2.24) is 15.6 Å². The summed E-state index contributed by atoms with van der Waals surface area (Å²) in [6.45, 7) is 0.258. The quantitative estimate of drug-likeness (QED) is 0.398. The molecule has 4 rings (SSSR count). The molecule has 2 amide bonds. The highest BCUT2D eigenvalue weighted by Gasteiger charge is 2.10. The van der Waals surface area contributed by atoms with Crippen LogP contribution in [0.4, 0.5) is 0 Å². The van der Waals surface area contributed by atoms with Crippen LogP contribution in [0.15, 0.2) is 84.2 Å². The van der Waals surface area contributed by atoms with E-state index in [0.717, 1.165) is 27.4 Å². The zero-order valence-corrected chi connectivity index (χ0v) is 18.6. The Morgan fingerprint density at radius 3 is 2.41 bits per heavy atom. The first-order chi connectivity index (χ1) is 15.6. The second-order valence-electron chi connectivity index (χ2n) is 7.07. The van der Waals surface area contributed by atoms with Gasteiger partial charge in [-0.3, -0.25) is 9.59 Å². The van der Waals surface area contributed by atoms with E-state index in [4.69, 9.17) is 16.6 Å². The number of aromatic nitrogens is 1. The second-order valence-corrected chi connectivity index (χ2v) is 8.37. The number of nitrogens with one attached hydrogen (secondary N) is 2. The Kier molecular flexibility index (Phi) is 6.94. The Hall–Kier alpha value is -3.48. The van der Waals surface area contributed by atoms with Crippen LogP contribution in [-0.2, 0) is 11.3 Å². The molecule has 0 saturated heterocycles. The third-order valence-corrected chi connectivity index (χ3v) is 5.90. The normalized spacial score (nSPS) is 10.5. The molecule has 2 N–H and O–H groups in total. The fourth-order valence-corrected chi connectivity index (χ4v) is 4.04. The molecule has 0 saturated carbocycles. The number of carbonyl (C=O) groups excluding carboxylic acids is 2. The molecule has 4 aromatic rings. The van der Waals surface area contributed by atoms with Crippen molar-refractivity contribution in [2.75, 3.05) is 6.54 Å². The third-order valence-electron chi connectivity index (χ3n) is 4.75. The standard InChI is InChI=1S/C25H20ClN3O2S/c26-21-11-9-19(10-12-21)24(31)28-15-23(30)27-14-17-5-4-8-20(13-17)25-29-22(16-32-25)18-6-2-1-3-7-18/h1-13,16H,14-15H2,(H,27,30)(H,28,31). The summed E-state index contributed by atoms with van der Waals surface area (Å²) in [6, 6.07) is 24.5. The van der Waals surface area contributed by atoms with Crippen LogP contribution >= 0.6 is 22.9 Å². The van der Waals surface area contributed by atoms with Crippen molar-refractivity contribution in [2.45, 2.75) is 6.54 Å². The fourth-order valence-electron chi connectivity index (χ4n) is 3.09. The number of amides is 2. The van der Waals surface area contributed by atoms with Gasteiger partial charge < -0.3 is 10.6 Å². The van der Waals surface area contributed by atoms with Crippen molar-refractivity contribution in [3.05, 3.63) is 100 Å². The summed E-state index contributed by atoms with van der Waals surface area (Å²) < 4.78 is 0. The molecule has 0 bridgehead atoms. The maximum atomic E-state index is 12.2. The van der Waals surface area contributed by atoms with Crippen LogP contribution in [0, 0.1) is 0 Å². The van der Waals surface area contributed by atoms with Gasteiger partial charge in [-0.15, -0.1) is 11.3 Å². The van der Waals surface area contributed by atoms with Crippen LogP contribution in [-0.4, -0.2) is 23.3 Å². The van der Waals surface area contributed by atoms with Gasteiger partial charge in [0.1, 0.15) is 5.01 Å². The van der Waals surface area contributed by atoms with Gasteiger partial charge in [0.15, 0.2) is 0 Å². The Balaban J connectivity index is 1.32. The summed E-state index contributed by atoms with van der Waals surface area (Å²) in [7, 11) is 0. The van der Waals surface area contributed by atoms with Crippen molar-refractivity contribution in [3.8, 4) is 21.8 Å². The second kappa shape index (κ2) is 10.2. The van der Waals surface area contributed by atoms with Gasteiger partial charge in [-0.2, -0.15) is 0 Å². The lowest BCUT2D eigenvalue weighted by Gasteiger charge is -2.08. The topological polar surface area (TPSA) is 71.1 Å². The van der Waals surface area contributed by atoms with E-state index >= 15 is 0 Å². The molecule has 5 nitrogen and oxygen atoms in total. The van der Waals surface area contributed by atoms with Gasteiger partial charge in [-0.1, -0.05) is 60.1 Å². The summed E-state index contributed by atoms with van der Waals surface area (Å²) in [5.74, 6) is -0.588. The van der Waals surface area contributed by atoms with Gasteiger partial charge in [0, 0.05) is 33.6 Å². The molecule has 3 aromatic carbocycles. The number of nitrogens with zero attached hydrogens (tertiary/aromatic N) is 1. The van der Waals surface area contributed by atoms with Crippen molar-refractivity contribution in [1.29, 1.82) is 0 Å². The van der Waals surface area contributed by atoms with Crippen LogP contribution in [0.25, 0.3) is 21.8 Å². The van der Waals surface area contributed by atoms with E-state index in [2.05, 4.69) is 10.6 Å². The van der Waals surface area contributed by atoms with Crippen LogP contribution in [0.5, 0.6) is 0 Å². The molecule has 0 aliphatic carbocycles. The maximum absolute atomic E-state index is 12.2. The zero-order valence-electron chi connectivity index (χ0n) is 17.0. The maximum Gasteiger partial charge on any atom is 0.251 e. The van der Waals surface area contributed by atoms with Crippen LogP contribution in [0.2, 0.25) is 5.02 Å². The number of hydrogen-bond donors (Lipinski definition) is 2. The lowest BCUT2D eigenvalue weighted by atomic mass is 10.1. The van der Waals surface area contributed by atoms with Crippen LogP contribution < -0.4 is 10.6 Å². The smallest absolute Gasteiger partial charge is 0.251 e. The molecule has 0 aliphatic rings. The number of thiazole rings is 1. The minimum atomic E-state index is -0.322. The number of hydrogen-bond acceptors (Lipinski definition) is 4. The molecular formula is C25H20ClN3O2S. The van der Waals surface area contributed by atoms with Crippen molar-refractivity contribution in [2.24, 2.45) is 0 Å². The van der Waals surface area contributed by atoms with Crippen molar-refractivity contribution < 1.29 is 9.59 Å². The molecule has 0 unspecified atom stereocenters. The largest absolute Gasteiger partial charge is 0.350 e. The Morgan fingerprint density at radius 1 is 0.875 bits per heavy atom. The van der Waals surface area contributed by atoms with E-state index in [1.54, 1.807) is 35.6 Å². The van der Waals surface area contributed by atoms with Crippen LogP contribution in [0.1, 0.15) is 15.9 Å². The van der Waals surface area contributed by atoms with Crippen molar-refractivity contribution >= 4 is 34.8 Å². The Bertz CT molecular complexity index is 1220. The zero-order chi connectivity index (χ0) is 22.3. The third kappa shape index (κ3) is 5.60. The number of benzene rings is 3. The molecule has 1 heterocycles. The van der Waals surface area contributed by atoms with Gasteiger partial charge in [0.05, 0.1) is 12.2 Å². The highest BCUT2D eigenvalue weighted by Crippen LogP contribution is 2.29. The van der Waals surface area contributed by atoms with Gasteiger partial charge >= 0.3 is 0 Å². The summed E-state index contributed by atoms with van der Waals surface area (Å²) in [5.41, 5.74) is 4.43. The van der Waals surface area contributed by atoms with Gasteiger partial charge in [-0.25, -0.2) is 4.98 Å². The monoisotopic (exact) mass is 461 g/mol. The first-order valence-corrected chi connectivity index (χ1v) is 11.2. The highest BCUT2D eigenvalue weighted by atomic mass is 35.5. The SMILES string of the molecule is O=C(CNC(=O)c1ccc(Cl)cc1)NCc1cccc(-c2nc(-c3ccccc3)cs2)c1. The summed E-state index contributed by atoms with van der Waals surface area (Å²) in [5, 5.41) is 8.96. The Labute approximate surface area is 195 Å². The predicted octanol–water partition coefficient (Wildman–Crippen LogP) is 5.18. The van der Waals surface area contributed by atoms with E-state index in [-0.39, 0.29) is 18.4 Å². The first-order valence-electron chi connectivity index (χ1n) is 9.99. The number of halogens is 1. The van der Waals surface area contributed by atoms with Gasteiger partial charge in [0.2, 0.25) is 5.91 Å². The van der Waals surface area contributed by atoms with Gasteiger partial charge in [-0.05, 0) is 35.9 Å². The van der Waals surface area contributed by atoms with Crippen molar-refractivity contribution in [3.63, 3.8) is 0 Å². The molecule has 0 atom stereocenters. The molecular weight excluding hydrogens is 442 g/mol. The Morgan fingerprint density at radius 2 is 1.62 bits per heavy atom. The average molecular weight is 462 g/mol. The van der Waals surface area contributed by atoms with Gasteiger partial charge in [0.25, 0.3) is 5.91 Å². The summed E-state index contributed by atoms with van der Waals surface area (Å²) in [4.78, 5) is 29.0. The molecule has 32 heavy (non-hydrogen) atoms. The van der Waals surface area contributed by atoms with E-state index in [1.165, 1.54) is 0 Å². The summed E-state index contributed by atoms with van der Waals surface area (Å²) in [6.07, 6.45) is 0. The predicted molar refractivity (Wildman–Crippen MR) is 129 cm³/mol. The van der Waals surface area contributed by atoms with E-state index < -0.39 is 0 Å².